The summed E-state index contributed by atoms with van der Waals surface area (Å²) in [5.41, 5.74) is 16.5. The highest BCUT2D eigenvalue weighted by Gasteiger charge is 2.47. The Morgan fingerprint density at radius 1 is 0.488 bits per heavy atom. The molecule has 0 aromatic heterocycles. The zero-order valence-corrected chi connectivity index (χ0v) is 77.3. The van der Waals surface area contributed by atoms with Gasteiger partial charge in [0, 0.05) is 92.9 Å². The van der Waals surface area contributed by atoms with Crippen molar-refractivity contribution in [3.05, 3.63) is 148 Å². The highest BCUT2D eigenvalue weighted by atomic mass is 127. The van der Waals surface area contributed by atoms with Crippen LogP contribution in [0, 0.1) is 19.8 Å². The number of nitrogens with one attached hydrogen (secondary N) is 6. The smallest absolute Gasteiger partial charge is 0.322 e. The molecule has 668 valence electrons. The lowest BCUT2D eigenvalue weighted by Crippen LogP contribution is -2.40. The topological polar surface area (TPSA) is 501 Å². The van der Waals surface area contributed by atoms with E-state index < -0.39 is 103 Å². The van der Waals surface area contributed by atoms with E-state index >= 15 is 0 Å². The molecule has 2 atom stereocenters. The maximum atomic E-state index is 13.4. The Morgan fingerprint density at radius 3 is 1.18 bits per heavy atom. The number of rotatable bonds is 26. The van der Waals surface area contributed by atoms with E-state index in [0.717, 1.165) is 61.1 Å². The van der Waals surface area contributed by atoms with Crippen LogP contribution in [-0.4, -0.2) is 179 Å². The second-order valence-corrected chi connectivity index (χ2v) is 44.1. The van der Waals surface area contributed by atoms with Crippen molar-refractivity contribution in [3.8, 4) is 0 Å². The van der Waals surface area contributed by atoms with Gasteiger partial charge in [0.15, 0.2) is 11.5 Å². The third-order valence-corrected chi connectivity index (χ3v) is 26.4. The maximum Gasteiger partial charge on any atom is 0.322 e. The third-order valence-electron chi connectivity index (χ3n) is 19.7. The molecule has 3 aliphatic carbocycles. The van der Waals surface area contributed by atoms with Gasteiger partial charge >= 0.3 is 11.9 Å². The van der Waals surface area contributed by atoms with Crippen LogP contribution in [0.4, 0.5) is 45.5 Å². The van der Waals surface area contributed by atoms with E-state index in [2.05, 4.69) is 78.4 Å². The number of primary sulfonamides is 1. The number of aliphatic carboxylic acids is 1. The normalized spacial score (nSPS) is 16.8. The highest BCUT2D eigenvalue weighted by molar-refractivity contribution is 14.1. The monoisotopic (exact) mass is 1910 g/mol. The van der Waals surface area contributed by atoms with Gasteiger partial charge in [-0.3, -0.25) is 41.8 Å². The van der Waals surface area contributed by atoms with Gasteiger partial charge in [-0.25, -0.2) is 43.5 Å². The molecule has 3 saturated carbocycles. The molecule has 13 N–H and O–H groups in total. The number of carbonyl (C=O) groups excluding carboxylic acids is 4. The van der Waals surface area contributed by atoms with Gasteiger partial charge in [0.25, 0.3) is 17.7 Å². The van der Waals surface area contributed by atoms with Crippen molar-refractivity contribution in [1.82, 2.24) is 4.72 Å². The lowest BCUT2D eigenvalue weighted by atomic mass is 9.93. The van der Waals surface area contributed by atoms with Gasteiger partial charge < -0.3 is 65.8 Å². The Bertz CT molecular complexity index is 5130. The van der Waals surface area contributed by atoms with E-state index in [0.29, 0.717) is 75.5 Å². The van der Waals surface area contributed by atoms with E-state index in [4.69, 9.17) is 21.3 Å². The number of benzene rings is 6. The van der Waals surface area contributed by atoms with Crippen LogP contribution in [0.5, 0.6) is 0 Å². The Hall–Kier alpha value is -7.78. The number of sulfonamides is 4. The molecular weight excluding hydrogens is 1790 g/mol. The number of hydrogen-bond donors (Lipinski definition) is 10. The summed E-state index contributed by atoms with van der Waals surface area (Å²) in [6.07, 6.45) is 13.9. The number of carbonyl (C=O) groups is 5. The zero-order chi connectivity index (χ0) is 89.9. The summed E-state index contributed by atoms with van der Waals surface area (Å²) >= 11 is -2.46. The van der Waals surface area contributed by atoms with E-state index in [1.54, 1.807) is 83.1 Å². The predicted molar refractivity (Wildman–Crippen MR) is 480 cm³/mol. The van der Waals surface area contributed by atoms with Crippen LogP contribution < -0.4 is 61.4 Å². The largest absolute Gasteiger partial charge is 0.768 e. The molecule has 6 fully saturated rings. The predicted octanol–water partition coefficient (Wildman–Crippen LogP) is 11.0. The van der Waals surface area contributed by atoms with Crippen LogP contribution in [0.25, 0.3) is 0 Å². The fourth-order valence-corrected chi connectivity index (χ4v) is 18.2. The fourth-order valence-electron chi connectivity index (χ4n) is 13.2. The Morgan fingerprint density at radius 2 is 0.843 bits per heavy atom. The summed E-state index contributed by atoms with van der Waals surface area (Å²) in [5.74, 6) is -5.40. The minimum atomic E-state index is -4.13. The zero-order valence-electron chi connectivity index (χ0n) is 70.2. The molecule has 3 aliphatic heterocycles. The number of nitrogens with zero attached hydrogens (tertiary/aromatic N) is 3. The van der Waals surface area contributed by atoms with Gasteiger partial charge in [-0.05, 0) is 323 Å². The molecule has 6 aromatic carbocycles. The number of ether oxygens (including phenoxy) is 2. The number of nitrogens with two attached hydrogens (primary N) is 3. The van der Waals surface area contributed by atoms with Gasteiger partial charge in [0.1, 0.15) is 0 Å². The molecule has 2 unspecified atom stereocenters. The first-order valence-electron chi connectivity index (χ1n) is 39.5. The molecular formula is C82H115IN12O20S6-2. The lowest BCUT2D eigenvalue weighted by Gasteiger charge is -2.35. The van der Waals surface area contributed by atoms with E-state index in [1.807, 2.05) is 58.6 Å². The number of carboxylic acids is 1. The summed E-state index contributed by atoms with van der Waals surface area (Å²) < 4.78 is 158. The molecule has 6 aliphatic rings. The number of anilines is 8. The van der Waals surface area contributed by atoms with Gasteiger partial charge in [-0.2, -0.15) is 0 Å². The first kappa shape index (κ1) is 100. The quantitative estimate of drug-likeness (QED) is 0.0104. The van der Waals surface area contributed by atoms with Crippen molar-refractivity contribution in [2.24, 2.45) is 32.9 Å². The number of amides is 3. The van der Waals surface area contributed by atoms with Gasteiger partial charge in [0.05, 0.1) is 69.0 Å². The van der Waals surface area contributed by atoms with E-state index in [9.17, 15) is 75.2 Å². The molecule has 32 nitrogen and oxygen atoms in total. The van der Waals surface area contributed by atoms with Crippen molar-refractivity contribution in [2.75, 3.05) is 116 Å². The average Bonchev–Trinajstić information content (AvgIpc) is 1.66. The molecule has 12 rings (SSSR count). The van der Waals surface area contributed by atoms with E-state index in [1.165, 1.54) is 112 Å². The van der Waals surface area contributed by atoms with Gasteiger partial charge in [0.2, 0.25) is 40.1 Å². The van der Waals surface area contributed by atoms with Crippen LogP contribution in [0.1, 0.15) is 184 Å². The van der Waals surface area contributed by atoms with Crippen LogP contribution in [0.2, 0.25) is 0 Å². The summed E-state index contributed by atoms with van der Waals surface area (Å²) in [4.78, 5) is 67.6. The molecule has 0 bridgehead atoms. The highest BCUT2D eigenvalue weighted by Crippen LogP contribution is 2.56. The molecule has 3 heterocycles. The van der Waals surface area contributed by atoms with Crippen molar-refractivity contribution < 1.29 is 89.7 Å². The second kappa shape index (κ2) is 42.7. The number of esters is 1. The van der Waals surface area contributed by atoms with Crippen molar-refractivity contribution in [2.45, 2.75) is 185 Å². The van der Waals surface area contributed by atoms with Crippen molar-refractivity contribution in [1.29, 1.82) is 0 Å². The number of halogens is 1. The van der Waals surface area contributed by atoms with Crippen LogP contribution in [0.15, 0.2) is 142 Å². The second-order valence-electron chi connectivity index (χ2n) is 34.1. The number of piperidine rings is 3. The molecule has 121 heavy (non-hydrogen) atoms. The number of carboxylic acid groups (broad SMARTS) is 1. The standard InChI is InChI=1S/C26H34N4O7S2.C24H31N3O6S2.C20H21IN2O3S.C4H9NO4S.2C4H11N/c1-25(2,3)29-39(36,37)20-6-4-5-18(15-20)27-24(33)21-8-7-19(28-38(34,35)17-23(31)32)16-22(21)30-13-11-26(9-10-26)12-14-30;1-2-33-14-15-35(31,32)26-19-6-7-21(22(17-19)27-12-10-24(8-9-24)11-13-27)23(28)25-18-4-3-5-20(16-18)34(29)30;21-14-4-5-17(18(12-14)23-10-8-20(6-7-20)9-11-23)19(24)22-15-2-1-3-16(13-15)27(25)26;1-2-9-4(6)3-10(5,7)8;2*1-4(2,3)5/h4-8,15-16,28-29H,9-14,17H2,1-3H3,(H,27,33)(H,31,32);3-7,16-17,26H,2,8-15H2,1H3,(H,25,28)(H,29,30);1-5,12-13H,6-11H2,(H,22,24)(H,25,26);2-3H2,1H3,(H2,5,7,8);2*5H2,1-3H3/p-2. The minimum Gasteiger partial charge on any atom is -0.768 e. The third kappa shape index (κ3) is 35.1. The average molecular weight is 1910 g/mol. The van der Waals surface area contributed by atoms with Crippen LogP contribution >= 0.6 is 22.6 Å². The summed E-state index contributed by atoms with van der Waals surface area (Å²) in [5, 5.41) is 21.8. The van der Waals surface area contributed by atoms with Gasteiger partial charge in [-0.15, -0.1) is 0 Å². The number of hydrogen-bond acceptors (Lipinski definition) is 24. The van der Waals surface area contributed by atoms with Crippen molar-refractivity contribution >= 4 is 160 Å². The van der Waals surface area contributed by atoms with Crippen LogP contribution in [0.3, 0.4) is 0 Å². The lowest BCUT2D eigenvalue weighted by molar-refractivity contribution is -0.140. The van der Waals surface area contributed by atoms with Crippen LogP contribution in [-0.2, 0) is 81.3 Å². The first-order chi connectivity index (χ1) is 56.2. The summed E-state index contributed by atoms with van der Waals surface area (Å²) in [6.45, 7) is 26.0. The SMILES string of the molecule is CC(C)(C)N.CC(C)(C)N.CC(C)(C)NS(=O)(=O)c1cccc(NC(=O)c2ccc(NS(=O)(=O)CC(=O)O)cc2N2CCC3(CC2)CC3)c1.CCOC(=O)CS(N)(=O)=O.CCOCCS(=O)(=O)Nc1ccc(C(=O)Nc2cccc(S(=O)[O-])c2)c(N2CCC3(CC2)CC3)c1.O=C(Nc1cccc(S(=O)[O-])c1)c1ccc(I)cc1N1CCC2(CC1)CC2. The Labute approximate surface area is 730 Å². The molecule has 6 aromatic rings. The van der Waals surface area contributed by atoms with Crippen molar-refractivity contribution in [3.63, 3.8) is 0 Å². The van der Waals surface area contributed by atoms with Gasteiger partial charge in [-0.1, -0.05) is 18.2 Å². The van der Waals surface area contributed by atoms with E-state index in [-0.39, 0.29) is 67.6 Å². The fraction of sp³-hybridized carbons (Fsp3) is 0.500. The summed E-state index contributed by atoms with van der Waals surface area (Å²) in [7, 11) is -15.3. The molecule has 0 radical (unpaired) electrons. The maximum absolute atomic E-state index is 13.4. The molecule has 39 heteroatoms. The molecule has 3 spiro atoms. The molecule has 3 amide bonds. The Kier molecular flexibility index (Phi) is 35.4. The molecule has 3 saturated heterocycles. The summed E-state index contributed by atoms with van der Waals surface area (Å²) in [6, 6.07) is 33.3. The Balaban J connectivity index is 0.000000226. The first-order valence-corrected chi connectivity index (χ1v) is 49.2. The minimum absolute atomic E-state index is 0.